The van der Waals surface area contributed by atoms with Gasteiger partial charge in [-0.15, -0.1) is 0 Å². The SMILES string of the molecule is COc1cc(C=O)cc(Cl)c1OCc1ccncc1Cl. The van der Waals surface area contributed by atoms with Crippen LogP contribution in [0.15, 0.2) is 30.6 Å². The van der Waals surface area contributed by atoms with Gasteiger partial charge in [-0.25, -0.2) is 0 Å². The van der Waals surface area contributed by atoms with Crippen molar-refractivity contribution in [2.45, 2.75) is 6.61 Å². The van der Waals surface area contributed by atoms with Gasteiger partial charge in [-0.1, -0.05) is 23.2 Å². The lowest BCUT2D eigenvalue weighted by Crippen LogP contribution is -2.00. The number of rotatable bonds is 5. The van der Waals surface area contributed by atoms with E-state index in [2.05, 4.69) is 4.98 Å². The summed E-state index contributed by atoms with van der Waals surface area (Å²) in [4.78, 5) is 14.7. The van der Waals surface area contributed by atoms with Gasteiger partial charge in [0, 0.05) is 23.5 Å². The predicted octanol–water partition coefficient (Wildman–Crippen LogP) is 3.79. The fourth-order valence-corrected chi connectivity index (χ4v) is 2.07. The highest BCUT2D eigenvalue weighted by Crippen LogP contribution is 2.36. The van der Waals surface area contributed by atoms with Gasteiger partial charge in [0.25, 0.3) is 0 Å². The molecule has 0 saturated heterocycles. The highest BCUT2D eigenvalue weighted by atomic mass is 35.5. The molecule has 0 radical (unpaired) electrons. The van der Waals surface area contributed by atoms with Crippen LogP contribution in [0, 0.1) is 0 Å². The van der Waals surface area contributed by atoms with Crippen LogP contribution in [0.1, 0.15) is 15.9 Å². The number of benzene rings is 1. The summed E-state index contributed by atoms with van der Waals surface area (Å²) in [5, 5.41) is 0.809. The summed E-state index contributed by atoms with van der Waals surface area (Å²) in [6.07, 6.45) is 3.85. The standard InChI is InChI=1S/C14H11Cl2NO3/c1-19-13-5-9(7-18)4-11(15)14(13)20-8-10-2-3-17-6-12(10)16/h2-7H,8H2,1H3. The fraction of sp³-hybridized carbons (Fsp3) is 0.143. The summed E-state index contributed by atoms with van der Waals surface area (Å²) in [5.41, 5.74) is 1.19. The molecule has 0 bridgehead atoms. The van der Waals surface area contributed by atoms with E-state index >= 15 is 0 Å². The number of hydrogen-bond donors (Lipinski definition) is 0. The van der Waals surface area contributed by atoms with Gasteiger partial charge in [-0.05, 0) is 18.2 Å². The molecule has 0 saturated carbocycles. The van der Waals surface area contributed by atoms with Gasteiger partial charge >= 0.3 is 0 Å². The molecule has 1 aromatic carbocycles. The van der Waals surface area contributed by atoms with E-state index in [1.54, 1.807) is 18.3 Å². The Hall–Kier alpha value is -1.78. The summed E-state index contributed by atoms with van der Waals surface area (Å²) < 4.78 is 10.8. The van der Waals surface area contributed by atoms with Crippen LogP contribution in [0.3, 0.4) is 0 Å². The number of halogens is 2. The molecule has 1 aromatic heterocycles. The molecule has 0 N–H and O–H groups in total. The molecular weight excluding hydrogens is 301 g/mol. The third-order valence-corrected chi connectivity index (χ3v) is 3.24. The first-order valence-corrected chi connectivity index (χ1v) is 6.45. The zero-order valence-corrected chi connectivity index (χ0v) is 12.1. The first kappa shape index (κ1) is 14.6. The van der Waals surface area contributed by atoms with Crippen LogP contribution in [-0.4, -0.2) is 18.4 Å². The Morgan fingerprint density at radius 1 is 1.30 bits per heavy atom. The van der Waals surface area contributed by atoms with E-state index in [1.165, 1.54) is 19.4 Å². The molecule has 0 unspecified atom stereocenters. The van der Waals surface area contributed by atoms with Gasteiger partial charge in [0.05, 0.1) is 17.2 Å². The molecule has 2 rings (SSSR count). The average Bonchev–Trinajstić information content (AvgIpc) is 2.46. The fourth-order valence-electron chi connectivity index (χ4n) is 1.62. The topological polar surface area (TPSA) is 48.4 Å². The molecule has 0 fully saturated rings. The Bertz CT molecular complexity index is 632. The maximum Gasteiger partial charge on any atom is 0.180 e. The summed E-state index contributed by atoms with van der Waals surface area (Å²) in [6, 6.07) is 4.82. The van der Waals surface area contributed by atoms with Gasteiger partial charge in [-0.3, -0.25) is 9.78 Å². The maximum absolute atomic E-state index is 10.8. The van der Waals surface area contributed by atoms with Crippen molar-refractivity contribution in [3.63, 3.8) is 0 Å². The summed E-state index contributed by atoms with van der Waals surface area (Å²) in [7, 11) is 1.48. The number of pyridine rings is 1. The number of ether oxygens (including phenoxy) is 2. The van der Waals surface area contributed by atoms with Crippen molar-refractivity contribution in [1.82, 2.24) is 4.98 Å². The molecule has 104 valence electrons. The van der Waals surface area contributed by atoms with Crippen LogP contribution in [0.25, 0.3) is 0 Å². The van der Waals surface area contributed by atoms with Gasteiger partial charge in [0.2, 0.25) is 0 Å². The van der Waals surface area contributed by atoms with Crippen molar-refractivity contribution >= 4 is 29.5 Å². The Labute approximate surface area is 126 Å². The number of methoxy groups -OCH3 is 1. The second-order valence-corrected chi connectivity index (χ2v) is 4.72. The Kier molecular flexibility index (Phi) is 4.82. The summed E-state index contributed by atoms with van der Waals surface area (Å²) >= 11 is 12.1. The molecule has 1 heterocycles. The molecule has 20 heavy (non-hydrogen) atoms. The maximum atomic E-state index is 10.8. The second-order valence-electron chi connectivity index (χ2n) is 3.91. The molecule has 0 aliphatic carbocycles. The van der Waals surface area contributed by atoms with Crippen molar-refractivity contribution in [3.8, 4) is 11.5 Å². The predicted molar refractivity (Wildman–Crippen MR) is 77.0 cm³/mol. The van der Waals surface area contributed by atoms with E-state index < -0.39 is 0 Å². The minimum atomic E-state index is 0.220. The first-order chi connectivity index (χ1) is 9.65. The minimum Gasteiger partial charge on any atom is -0.493 e. The monoisotopic (exact) mass is 311 g/mol. The van der Waals surface area contributed by atoms with Gasteiger partial charge in [-0.2, -0.15) is 0 Å². The molecular formula is C14H11Cl2NO3. The lowest BCUT2D eigenvalue weighted by atomic mass is 10.2. The number of hydrogen-bond acceptors (Lipinski definition) is 4. The van der Waals surface area contributed by atoms with E-state index in [9.17, 15) is 4.79 Å². The third-order valence-electron chi connectivity index (χ3n) is 2.62. The van der Waals surface area contributed by atoms with Crippen LogP contribution in [0.5, 0.6) is 11.5 Å². The summed E-state index contributed by atoms with van der Waals surface area (Å²) in [6.45, 7) is 0.220. The molecule has 0 spiro atoms. The highest BCUT2D eigenvalue weighted by molar-refractivity contribution is 6.32. The van der Waals surface area contributed by atoms with Crippen molar-refractivity contribution in [1.29, 1.82) is 0 Å². The van der Waals surface area contributed by atoms with E-state index in [1.807, 2.05) is 0 Å². The van der Waals surface area contributed by atoms with Crippen molar-refractivity contribution in [2.75, 3.05) is 7.11 Å². The van der Waals surface area contributed by atoms with E-state index in [4.69, 9.17) is 32.7 Å². The smallest absolute Gasteiger partial charge is 0.180 e. The molecule has 0 aliphatic rings. The van der Waals surface area contributed by atoms with E-state index in [0.29, 0.717) is 33.4 Å². The number of carbonyl (C=O) groups excluding carboxylic acids is 1. The van der Waals surface area contributed by atoms with Crippen LogP contribution in [-0.2, 0) is 6.61 Å². The van der Waals surface area contributed by atoms with E-state index in [-0.39, 0.29) is 6.61 Å². The quantitative estimate of drug-likeness (QED) is 0.788. The molecule has 0 amide bonds. The lowest BCUT2D eigenvalue weighted by Gasteiger charge is -2.13. The zero-order chi connectivity index (χ0) is 14.5. The third kappa shape index (κ3) is 3.21. The molecule has 0 atom stereocenters. The average molecular weight is 312 g/mol. The van der Waals surface area contributed by atoms with Gasteiger partial charge in [0.15, 0.2) is 11.5 Å². The molecule has 4 nitrogen and oxygen atoms in total. The van der Waals surface area contributed by atoms with Crippen molar-refractivity contribution in [3.05, 3.63) is 51.8 Å². The van der Waals surface area contributed by atoms with Gasteiger partial charge in [0.1, 0.15) is 12.9 Å². The largest absolute Gasteiger partial charge is 0.493 e. The normalized spacial score (nSPS) is 10.2. The molecule has 0 aliphatic heterocycles. The second kappa shape index (κ2) is 6.59. The van der Waals surface area contributed by atoms with Crippen molar-refractivity contribution in [2.24, 2.45) is 0 Å². The van der Waals surface area contributed by atoms with E-state index in [0.717, 1.165) is 5.56 Å². The summed E-state index contributed by atoms with van der Waals surface area (Å²) in [5.74, 6) is 0.762. The van der Waals surface area contributed by atoms with Crippen LogP contribution < -0.4 is 9.47 Å². The van der Waals surface area contributed by atoms with Crippen LogP contribution in [0.4, 0.5) is 0 Å². The van der Waals surface area contributed by atoms with Gasteiger partial charge < -0.3 is 9.47 Å². The van der Waals surface area contributed by atoms with Crippen molar-refractivity contribution < 1.29 is 14.3 Å². The molecule has 2 aromatic rings. The number of nitrogens with zero attached hydrogens (tertiary/aromatic N) is 1. The number of aldehydes is 1. The Morgan fingerprint density at radius 2 is 2.10 bits per heavy atom. The van der Waals surface area contributed by atoms with Crippen LogP contribution in [0.2, 0.25) is 10.0 Å². The Balaban J connectivity index is 2.25. The van der Waals surface area contributed by atoms with Crippen LogP contribution >= 0.6 is 23.2 Å². The molecule has 6 heteroatoms. The number of aromatic nitrogens is 1. The highest BCUT2D eigenvalue weighted by Gasteiger charge is 2.12. The lowest BCUT2D eigenvalue weighted by molar-refractivity contribution is 0.112. The zero-order valence-electron chi connectivity index (χ0n) is 10.6. The number of carbonyl (C=O) groups is 1. The Morgan fingerprint density at radius 3 is 2.75 bits per heavy atom. The minimum absolute atomic E-state index is 0.220. The first-order valence-electron chi connectivity index (χ1n) is 5.69.